The zero-order valence-corrected chi connectivity index (χ0v) is 14.5. The number of hydrogen-bond acceptors (Lipinski definition) is 5. The van der Waals surface area contributed by atoms with Crippen LogP contribution < -0.4 is 20.1 Å². The van der Waals surface area contributed by atoms with Gasteiger partial charge in [-0.1, -0.05) is 0 Å². The van der Waals surface area contributed by atoms with Crippen molar-refractivity contribution in [1.29, 1.82) is 5.26 Å². The first-order valence-corrected chi connectivity index (χ1v) is 7.74. The van der Waals surface area contributed by atoms with Crippen molar-refractivity contribution in [2.24, 2.45) is 0 Å². The molecule has 2 aromatic rings. The van der Waals surface area contributed by atoms with Gasteiger partial charge >= 0.3 is 6.03 Å². The number of aryl methyl sites for hydroxylation is 2. The minimum absolute atomic E-state index is 0.278. The number of hydrogen-bond donors (Lipinski definition) is 2. The molecule has 0 aliphatic rings. The number of carbonyl (C=O) groups is 1. The quantitative estimate of drug-likeness (QED) is 0.804. The Morgan fingerprint density at radius 2 is 2.12 bits per heavy atom. The van der Waals surface area contributed by atoms with Crippen LogP contribution in [-0.2, 0) is 13.1 Å². The zero-order chi connectivity index (χ0) is 18.2. The van der Waals surface area contributed by atoms with Crippen molar-refractivity contribution in [3.05, 3.63) is 35.5 Å². The summed E-state index contributed by atoms with van der Waals surface area (Å²) in [4.78, 5) is 12.1. The standard InChI is InChI=1S/C17H21N5O3/c1-12-9-16(21-22(12)8-4-7-18)20-17(23)19-11-13-10-14(24-2)5-6-15(13)25-3/h5-6,9-10H,4,8,11H2,1-3H3,(H2,19,20,21,23). The molecule has 0 fully saturated rings. The predicted octanol–water partition coefficient (Wildman–Crippen LogP) is 2.44. The molecule has 0 saturated heterocycles. The molecule has 0 radical (unpaired) electrons. The maximum absolute atomic E-state index is 12.1. The van der Waals surface area contributed by atoms with Crippen LogP contribution in [0.25, 0.3) is 0 Å². The van der Waals surface area contributed by atoms with Gasteiger partial charge in [0.05, 0.1) is 33.3 Å². The topological polar surface area (TPSA) is 101 Å². The molecule has 2 amide bonds. The number of anilines is 1. The van der Waals surface area contributed by atoms with Gasteiger partial charge in [-0.15, -0.1) is 0 Å². The van der Waals surface area contributed by atoms with Crippen molar-refractivity contribution < 1.29 is 14.3 Å². The van der Waals surface area contributed by atoms with Crippen LogP contribution in [0.2, 0.25) is 0 Å². The van der Waals surface area contributed by atoms with Crippen LogP contribution in [0.4, 0.5) is 10.6 Å². The van der Waals surface area contributed by atoms with Crippen molar-refractivity contribution in [2.75, 3.05) is 19.5 Å². The summed E-state index contributed by atoms with van der Waals surface area (Å²) in [7, 11) is 3.15. The second-order valence-corrected chi connectivity index (χ2v) is 5.29. The minimum atomic E-state index is -0.380. The normalized spacial score (nSPS) is 10.0. The van der Waals surface area contributed by atoms with Gasteiger partial charge in [0, 0.05) is 23.9 Å². The van der Waals surface area contributed by atoms with Crippen LogP contribution in [0, 0.1) is 18.3 Å². The molecule has 25 heavy (non-hydrogen) atoms. The Morgan fingerprint density at radius 3 is 2.80 bits per heavy atom. The lowest BCUT2D eigenvalue weighted by molar-refractivity contribution is 0.251. The van der Waals surface area contributed by atoms with E-state index in [2.05, 4.69) is 21.8 Å². The lowest BCUT2D eigenvalue weighted by Gasteiger charge is -2.11. The SMILES string of the molecule is COc1ccc(OC)c(CNC(=O)Nc2cc(C)n(CCC#N)n2)c1. The molecule has 0 aliphatic carbocycles. The highest BCUT2D eigenvalue weighted by Gasteiger charge is 2.10. The molecule has 0 atom stereocenters. The number of nitrogens with one attached hydrogen (secondary N) is 2. The number of urea groups is 1. The third kappa shape index (κ3) is 4.88. The molecule has 0 saturated carbocycles. The average molecular weight is 343 g/mol. The first kappa shape index (κ1) is 18.1. The van der Waals surface area contributed by atoms with E-state index >= 15 is 0 Å². The monoisotopic (exact) mass is 343 g/mol. The van der Waals surface area contributed by atoms with E-state index in [-0.39, 0.29) is 12.6 Å². The van der Waals surface area contributed by atoms with Crippen molar-refractivity contribution in [1.82, 2.24) is 15.1 Å². The van der Waals surface area contributed by atoms with Gasteiger partial charge in [0.1, 0.15) is 11.5 Å². The Hall–Kier alpha value is -3.21. The van der Waals surface area contributed by atoms with Gasteiger partial charge in [-0.2, -0.15) is 10.4 Å². The van der Waals surface area contributed by atoms with E-state index in [0.717, 1.165) is 11.3 Å². The molecule has 0 spiro atoms. The third-order valence-electron chi connectivity index (χ3n) is 3.59. The summed E-state index contributed by atoms with van der Waals surface area (Å²) in [5.41, 5.74) is 1.67. The van der Waals surface area contributed by atoms with Crippen molar-refractivity contribution >= 4 is 11.8 Å². The van der Waals surface area contributed by atoms with Gasteiger partial charge in [0.15, 0.2) is 5.82 Å². The average Bonchev–Trinajstić information content (AvgIpc) is 2.96. The lowest BCUT2D eigenvalue weighted by atomic mass is 10.2. The first-order chi connectivity index (χ1) is 12.1. The smallest absolute Gasteiger partial charge is 0.320 e. The number of nitriles is 1. The van der Waals surface area contributed by atoms with E-state index in [1.165, 1.54) is 0 Å². The summed E-state index contributed by atoms with van der Waals surface area (Å²) in [6.07, 6.45) is 0.365. The fourth-order valence-electron chi connectivity index (χ4n) is 2.31. The highest BCUT2D eigenvalue weighted by atomic mass is 16.5. The fraction of sp³-hybridized carbons (Fsp3) is 0.353. The molecular formula is C17H21N5O3. The van der Waals surface area contributed by atoms with Gasteiger partial charge in [-0.25, -0.2) is 4.79 Å². The first-order valence-electron chi connectivity index (χ1n) is 7.74. The number of amides is 2. The number of methoxy groups -OCH3 is 2. The molecule has 0 unspecified atom stereocenters. The molecule has 1 aromatic carbocycles. The summed E-state index contributed by atoms with van der Waals surface area (Å²) in [5.74, 6) is 1.79. The van der Waals surface area contributed by atoms with Crippen LogP contribution in [0.1, 0.15) is 17.7 Å². The predicted molar refractivity (Wildman–Crippen MR) is 92.6 cm³/mol. The highest BCUT2D eigenvalue weighted by Crippen LogP contribution is 2.23. The number of aromatic nitrogens is 2. The fourth-order valence-corrected chi connectivity index (χ4v) is 2.31. The Kier molecular flexibility index (Phi) is 6.23. The Morgan fingerprint density at radius 1 is 1.32 bits per heavy atom. The minimum Gasteiger partial charge on any atom is -0.497 e. The van der Waals surface area contributed by atoms with E-state index in [9.17, 15) is 4.79 Å². The number of carbonyl (C=O) groups excluding carboxylic acids is 1. The summed E-state index contributed by atoms with van der Waals surface area (Å²) >= 11 is 0. The largest absolute Gasteiger partial charge is 0.497 e. The van der Waals surface area contributed by atoms with Crippen molar-refractivity contribution in [2.45, 2.75) is 26.4 Å². The maximum Gasteiger partial charge on any atom is 0.320 e. The van der Waals surface area contributed by atoms with E-state index in [1.54, 1.807) is 43.2 Å². The Labute approximate surface area is 146 Å². The van der Waals surface area contributed by atoms with Gasteiger partial charge < -0.3 is 14.8 Å². The zero-order valence-electron chi connectivity index (χ0n) is 14.5. The molecule has 2 rings (SSSR count). The number of ether oxygens (including phenoxy) is 2. The van der Waals surface area contributed by atoms with Crippen LogP contribution >= 0.6 is 0 Å². The van der Waals surface area contributed by atoms with Crippen LogP contribution in [0.15, 0.2) is 24.3 Å². The van der Waals surface area contributed by atoms with Gasteiger partial charge in [0.2, 0.25) is 0 Å². The second-order valence-electron chi connectivity index (χ2n) is 5.29. The number of rotatable bonds is 7. The van der Waals surface area contributed by atoms with Gasteiger partial charge in [-0.3, -0.25) is 10.00 Å². The summed E-state index contributed by atoms with van der Waals surface area (Å²) in [6.45, 7) is 2.64. The molecule has 8 nitrogen and oxygen atoms in total. The summed E-state index contributed by atoms with van der Waals surface area (Å²) < 4.78 is 12.2. The summed E-state index contributed by atoms with van der Waals surface area (Å²) in [5, 5.41) is 18.3. The van der Waals surface area contributed by atoms with Crippen LogP contribution in [-0.4, -0.2) is 30.0 Å². The van der Waals surface area contributed by atoms with E-state index in [1.807, 2.05) is 6.92 Å². The Bertz CT molecular complexity index is 779. The second kappa shape index (κ2) is 8.59. The summed E-state index contributed by atoms with van der Waals surface area (Å²) in [6, 6.07) is 8.82. The third-order valence-corrected chi connectivity index (χ3v) is 3.59. The lowest BCUT2D eigenvalue weighted by Crippen LogP contribution is -2.28. The molecule has 1 heterocycles. The van der Waals surface area contributed by atoms with E-state index in [0.29, 0.717) is 30.3 Å². The van der Waals surface area contributed by atoms with Crippen molar-refractivity contribution in [3.63, 3.8) is 0 Å². The van der Waals surface area contributed by atoms with Gasteiger partial charge in [0.25, 0.3) is 0 Å². The molecule has 1 aromatic heterocycles. The van der Waals surface area contributed by atoms with E-state index < -0.39 is 0 Å². The molecule has 132 valence electrons. The highest BCUT2D eigenvalue weighted by molar-refractivity contribution is 5.88. The molecule has 2 N–H and O–H groups in total. The van der Waals surface area contributed by atoms with Crippen molar-refractivity contribution in [3.8, 4) is 17.6 Å². The van der Waals surface area contributed by atoms with Gasteiger partial charge in [-0.05, 0) is 25.1 Å². The molecule has 0 aliphatic heterocycles. The van der Waals surface area contributed by atoms with Crippen LogP contribution in [0.3, 0.4) is 0 Å². The van der Waals surface area contributed by atoms with E-state index in [4.69, 9.17) is 14.7 Å². The number of benzene rings is 1. The molecule has 0 bridgehead atoms. The molecule has 8 heteroatoms. The number of nitrogens with zero attached hydrogens (tertiary/aromatic N) is 3. The Balaban J connectivity index is 1.96. The molecular weight excluding hydrogens is 322 g/mol. The maximum atomic E-state index is 12.1. The van der Waals surface area contributed by atoms with Crippen LogP contribution in [0.5, 0.6) is 11.5 Å².